The molecule has 0 bridgehead atoms. The molecule has 1 saturated heterocycles. The standard InChI is InChI=1S/C24H26N2O4/c1-28-22-9-5-6-19-18-21(30-24(19)22)10-11-23(27)26-14-12-25(13-15-26)16-17-29-20-7-3-2-4-8-20/h2-11,18H,12-17H2,1H3/b11-10+. The van der Waals surface area contributed by atoms with Crippen LogP contribution in [0.2, 0.25) is 0 Å². The second kappa shape index (κ2) is 9.50. The average molecular weight is 406 g/mol. The SMILES string of the molecule is COc1cccc2cc(/C=C/C(=O)N3CCN(CCOc4ccccc4)CC3)oc12. The van der Waals surface area contributed by atoms with E-state index in [2.05, 4.69) is 4.90 Å². The minimum atomic E-state index is 0.00241. The molecule has 2 aromatic carbocycles. The third-order valence-corrected chi connectivity index (χ3v) is 5.24. The maximum Gasteiger partial charge on any atom is 0.246 e. The summed E-state index contributed by atoms with van der Waals surface area (Å²) in [6.07, 6.45) is 3.31. The molecule has 1 fully saturated rings. The van der Waals surface area contributed by atoms with Crippen molar-refractivity contribution in [1.82, 2.24) is 9.80 Å². The van der Waals surface area contributed by atoms with Crippen molar-refractivity contribution in [2.45, 2.75) is 0 Å². The van der Waals surface area contributed by atoms with Crippen molar-refractivity contribution in [1.29, 1.82) is 0 Å². The van der Waals surface area contributed by atoms with Crippen LogP contribution in [0.25, 0.3) is 17.0 Å². The van der Waals surface area contributed by atoms with Crippen LogP contribution in [0.3, 0.4) is 0 Å². The number of nitrogens with zero attached hydrogens (tertiary/aromatic N) is 2. The number of methoxy groups -OCH3 is 1. The molecule has 1 aliphatic heterocycles. The molecular formula is C24H26N2O4. The highest BCUT2D eigenvalue weighted by Crippen LogP contribution is 2.28. The van der Waals surface area contributed by atoms with Gasteiger partial charge in [-0.05, 0) is 30.3 Å². The molecule has 0 N–H and O–H groups in total. The second-order valence-electron chi connectivity index (χ2n) is 7.19. The van der Waals surface area contributed by atoms with Crippen molar-refractivity contribution >= 4 is 23.0 Å². The molecule has 0 atom stereocenters. The number of hydrogen-bond acceptors (Lipinski definition) is 5. The Morgan fingerprint density at radius 3 is 2.63 bits per heavy atom. The van der Waals surface area contributed by atoms with E-state index in [1.54, 1.807) is 19.3 Å². The van der Waals surface area contributed by atoms with E-state index in [0.29, 0.717) is 36.8 Å². The number of amides is 1. The summed E-state index contributed by atoms with van der Waals surface area (Å²) in [4.78, 5) is 16.7. The summed E-state index contributed by atoms with van der Waals surface area (Å²) < 4.78 is 16.9. The number of hydrogen-bond donors (Lipinski definition) is 0. The molecule has 0 radical (unpaired) electrons. The lowest BCUT2D eigenvalue weighted by molar-refractivity contribution is -0.127. The highest BCUT2D eigenvalue weighted by Gasteiger charge is 2.19. The molecule has 1 aromatic heterocycles. The number of fused-ring (bicyclic) bond motifs is 1. The largest absolute Gasteiger partial charge is 0.493 e. The van der Waals surface area contributed by atoms with Gasteiger partial charge in [-0.1, -0.05) is 30.3 Å². The Hall–Kier alpha value is -3.25. The van der Waals surface area contributed by atoms with Gasteiger partial charge in [0.05, 0.1) is 7.11 Å². The molecule has 0 spiro atoms. The molecule has 2 heterocycles. The number of rotatable bonds is 7. The first kappa shape index (κ1) is 20.0. The highest BCUT2D eigenvalue weighted by atomic mass is 16.5. The summed E-state index contributed by atoms with van der Waals surface area (Å²) in [5.41, 5.74) is 0.693. The Kier molecular flexibility index (Phi) is 6.35. The van der Waals surface area contributed by atoms with Gasteiger partial charge in [0, 0.05) is 44.2 Å². The number of carbonyl (C=O) groups is 1. The summed E-state index contributed by atoms with van der Waals surface area (Å²) >= 11 is 0. The lowest BCUT2D eigenvalue weighted by Gasteiger charge is -2.34. The van der Waals surface area contributed by atoms with Gasteiger partial charge in [0.1, 0.15) is 18.1 Å². The zero-order valence-electron chi connectivity index (χ0n) is 17.1. The molecule has 0 aliphatic carbocycles. The van der Waals surface area contributed by atoms with Gasteiger partial charge in [0.15, 0.2) is 11.3 Å². The predicted molar refractivity (Wildman–Crippen MR) is 117 cm³/mol. The molecule has 1 aliphatic rings. The van der Waals surface area contributed by atoms with E-state index in [1.165, 1.54) is 0 Å². The highest BCUT2D eigenvalue weighted by molar-refractivity contribution is 5.92. The normalized spacial score (nSPS) is 15.0. The van der Waals surface area contributed by atoms with Crippen LogP contribution in [0, 0.1) is 0 Å². The number of benzene rings is 2. The van der Waals surface area contributed by atoms with Crippen molar-refractivity contribution in [3.8, 4) is 11.5 Å². The Morgan fingerprint density at radius 1 is 1.07 bits per heavy atom. The minimum Gasteiger partial charge on any atom is -0.493 e. The molecule has 30 heavy (non-hydrogen) atoms. The van der Waals surface area contributed by atoms with Crippen LogP contribution >= 0.6 is 0 Å². The fourth-order valence-electron chi connectivity index (χ4n) is 3.56. The molecule has 0 saturated carbocycles. The van der Waals surface area contributed by atoms with Gasteiger partial charge in [0.2, 0.25) is 5.91 Å². The van der Waals surface area contributed by atoms with Gasteiger partial charge >= 0.3 is 0 Å². The summed E-state index contributed by atoms with van der Waals surface area (Å²) in [6.45, 7) is 4.62. The fourth-order valence-corrected chi connectivity index (χ4v) is 3.56. The van der Waals surface area contributed by atoms with E-state index in [9.17, 15) is 4.79 Å². The van der Waals surface area contributed by atoms with E-state index in [1.807, 2.05) is 59.5 Å². The van der Waals surface area contributed by atoms with Gasteiger partial charge in [-0.3, -0.25) is 9.69 Å². The van der Waals surface area contributed by atoms with E-state index < -0.39 is 0 Å². The fraction of sp³-hybridized carbons (Fsp3) is 0.292. The number of furan rings is 1. The molecule has 3 aromatic rings. The maximum atomic E-state index is 12.5. The Labute approximate surface area is 176 Å². The zero-order valence-corrected chi connectivity index (χ0v) is 17.1. The summed E-state index contributed by atoms with van der Waals surface area (Å²) in [6, 6.07) is 17.5. The maximum absolute atomic E-state index is 12.5. The van der Waals surface area contributed by atoms with E-state index in [0.717, 1.165) is 30.8 Å². The summed E-state index contributed by atoms with van der Waals surface area (Å²) in [7, 11) is 1.61. The zero-order chi connectivity index (χ0) is 20.8. The van der Waals surface area contributed by atoms with Crippen molar-refractivity contribution in [2.24, 2.45) is 0 Å². The van der Waals surface area contributed by atoms with Gasteiger partial charge in [-0.15, -0.1) is 0 Å². The number of ether oxygens (including phenoxy) is 2. The molecule has 156 valence electrons. The quantitative estimate of drug-likeness (QED) is 0.561. The first-order valence-corrected chi connectivity index (χ1v) is 10.2. The van der Waals surface area contributed by atoms with Crippen molar-refractivity contribution in [3.05, 3.63) is 66.4 Å². The minimum absolute atomic E-state index is 0.00241. The molecule has 4 rings (SSSR count). The summed E-state index contributed by atoms with van der Waals surface area (Å²) in [5.74, 6) is 2.22. The lowest BCUT2D eigenvalue weighted by atomic mass is 10.2. The van der Waals surface area contributed by atoms with E-state index in [-0.39, 0.29) is 5.91 Å². The van der Waals surface area contributed by atoms with Gasteiger partial charge in [-0.25, -0.2) is 0 Å². The van der Waals surface area contributed by atoms with E-state index in [4.69, 9.17) is 13.9 Å². The average Bonchev–Trinajstić information content (AvgIpc) is 3.22. The smallest absolute Gasteiger partial charge is 0.246 e. The van der Waals surface area contributed by atoms with Gasteiger partial charge < -0.3 is 18.8 Å². The van der Waals surface area contributed by atoms with Crippen LogP contribution in [0.15, 0.2) is 65.1 Å². The monoisotopic (exact) mass is 406 g/mol. The van der Waals surface area contributed by atoms with Crippen LogP contribution in [-0.4, -0.2) is 62.1 Å². The lowest BCUT2D eigenvalue weighted by Crippen LogP contribution is -2.49. The van der Waals surface area contributed by atoms with E-state index >= 15 is 0 Å². The third kappa shape index (κ3) is 4.83. The van der Waals surface area contributed by atoms with Crippen LogP contribution in [0.5, 0.6) is 11.5 Å². The number of piperazine rings is 1. The van der Waals surface area contributed by atoms with Crippen LogP contribution in [0.4, 0.5) is 0 Å². The molecule has 1 amide bonds. The van der Waals surface area contributed by atoms with Crippen LogP contribution in [-0.2, 0) is 4.79 Å². The van der Waals surface area contributed by atoms with Crippen molar-refractivity contribution in [3.63, 3.8) is 0 Å². The number of para-hydroxylation sites is 2. The second-order valence-corrected chi connectivity index (χ2v) is 7.19. The first-order valence-electron chi connectivity index (χ1n) is 10.2. The number of carbonyl (C=O) groups excluding carboxylic acids is 1. The third-order valence-electron chi connectivity index (χ3n) is 5.24. The van der Waals surface area contributed by atoms with Crippen LogP contribution < -0.4 is 9.47 Å². The Balaban J connectivity index is 1.25. The molecular weight excluding hydrogens is 380 g/mol. The Bertz CT molecular complexity index is 1000. The van der Waals surface area contributed by atoms with Gasteiger partial charge in [-0.2, -0.15) is 0 Å². The Morgan fingerprint density at radius 2 is 1.87 bits per heavy atom. The topological polar surface area (TPSA) is 55.2 Å². The van der Waals surface area contributed by atoms with Gasteiger partial charge in [0.25, 0.3) is 0 Å². The van der Waals surface area contributed by atoms with Crippen LogP contribution in [0.1, 0.15) is 5.76 Å². The molecule has 6 heteroatoms. The van der Waals surface area contributed by atoms with Crippen molar-refractivity contribution in [2.75, 3.05) is 46.4 Å². The van der Waals surface area contributed by atoms with Crippen molar-refractivity contribution < 1.29 is 18.7 Å². The molecule has 6 nitrogen and oxygen atoms in total. The molecule has 0 unspecified atom stereocenters. The predicted octanol–water partition coefficient (Wildman–Crippen LogP) is 3.68. The first-order chi connectivity index (χ1) is 14.7. The summed E-state index contributed by atoms with van der Waals surface area (Å²) in [5, 5.41) is 0.952.